The monoisotopic (exact) mass is 1260 g/mol. The van der Waals surface area contributed by atoms with Crippen molar-refractivity contribution in [2.75, 3.05) is 0 Å². The highest BCUT2D eigenvalue weighted by atomic mass is 14.9. The van der Waals surface area contributed by atoms with E-state index in [1.807, 2.05) is 26.0 Å². The van der Waals surface area contributed by atoms with Gasteiger partial charge in [0.1, 0.15) is 28.2 Å². The first kappa shape index (κ1) is 72.9. The molecule has 0 bridgehead atoms. The number of benzene rings is 4. The third-order valence-corrected chi connectivity index (χ3v) is 18.9. The number of aromatic nitrogens is 4. The van der Waals surface area contributed by atoms with E-state index in [1.165, 1.54) is 91.0 Å². The molecule has 0 fully saturated rings. The summed E-state index contributed by atoms with van der Waals surface area (Å²) in [6.07, 6.45) is 13.6. The maximum absolute atomic E-state index is 7.63. The molecular formula is C88H136N4+4. The second-order valence-electron chi connectivity index (χ2n) is 30.3. The minimum atomic E-state index is -2.07. The molecule has 0 aliphatic carbocycles. The average molecular weight is 1260 g/mol. The van der Waals surface area contributed by atoms with Crippen LogP contribution >= 0.6 is 0 Å². The lowest BCUT2D eigenvalue weighted by atomic mass is 9.75. The summed E-state index contributed by atoms with van der Waals surface area (Å²) >= 11 is 0. The van der Waals surface area contributed by atoms with Gasteiger partial charge in [0.2, 0.25) is 22.8 Å². The zero-order valence-electron chi connectivity index (χ0n) is 66.3. The lowest BCUT2D eigenvalue weighted by molar-refractivity contribution is -0.661. The van der Waals surface area contributed by atoms with Crippen molar-refractivity contribution < 1.29 is 26.5 Å². The normalized spacial score (nSPS) is 12.9. The van der Waals surface area contributed by atoms with Crippen molar-refractivity contribution in [3.05, 3.63) is 212 Å². The summed E-state index contributed by atoms with van der Waals surface area (Å²) in [5.41, 5.74) is 26.8. The zero-order valence-corrected chi connectivity index (χ0v) is 60.3. The van der Waals surface area contributed by atoms with Gasteiger partial charge in [-0.1, -0.05) is 225 Å². The van der Waals surface area contributed by atoms with Crippen LogP contribution in [-0.4, -0.2) is 0 Å². The molecule has 8 aromatic rings. The van der Waals surface area contributed by atoms with Crippen LogP contribution in [-0.2, 0) is 60.7 Å². The van der Waals surface area contributed by atoms with Gasteiger partial charge in [0.15, 0.2) is 24.8 Å². The molecule has 0 spiro atoms. The largest absolute Gasteiger partial charge is 0.212 e. The Bertz CT molecular complexity index is 3940. The summed E-state index contributed by atoms with van der Waals surface area (Å²) in [5.74, 6) is 0. The molecule has 0 N–H and O–H groups in total. The van der Waals surface area contributed by atoms with Crippen molar-refractivity contribution in [1.29, 1.82) is 0 Å². The molecule has 4 heterocycles. The summed E-state index contributed by atoms with van der Waals surface area (Å²) in [4.78, 5) is 0. The van der Waals surface area contributed by atoms with Crippen molar-refractivity contribution in [3.8, 4) is 45.0 Å². The first-order valence-corrected chi connectivity index (χ1v) is 32.5. The molecule has 92 heavy (non-hydrogen) atoms. The molecule has 4 aromatic heterocycles. The fourth-order valence-corrected chi connectivity index (χ4v) is 12.2. The smallest absolute Gasteiger partial charge is 0.201 e. The van der Waals surface area contributed by atoms with Crippen LogP contribution in [0.4, 0.5) is 0 Å². The van der Waals surface area contributed by atoms with Crippen molar-refractivity contribution in [3.63, 3.8) is 0 Å². The minimum absolute atomic E-state index is 0. The number of hydrogen-bond donors (Lipinski definition) is 0. The maximum atomic E-state index is 7.63. The lowest BCUT2D eigenvalue weighted by Crippen LogP contribution is -2.36. The van der Waals surface area contributed by atoms with Gasteiger partial charge in [-0.3, -0.25) is 0 Å². The Morgan fingerprint density at radius 1 is 0.293 bits per heavy atom. The molecule has 0 saturated heterocycles. The summed E-state index contributed by atoms with van der Waals surface area (Å²) in [7, 11) is 8.44. The second kappa shape index (κ2) is 33.0. The molecule has 0 aliphatic rings. The van der Waals surface area contributed by atoms with E-state index in [2.05, 4.69) is 296 Å². The van der Waals surface area contributed by atoms with Gasteiger partial charge in [-0.15, -0.1) is 0 Å². The molecule has 0 atom stereocenters. The van der Waals surface area contributed by atoms with Crippen LogP contribution in [0.15, 0.2) is 134 Å². The van der Waals surface area contributed by atoms with Crippen LogP contribution in [0, 0.1) is 55.2 Å². The molecule has 0 radical (unpaired) electrons. The SMILES string of the molecule is C.C.C.C.CCC(C)(CC)c1ccc(-c2ccc(C)cc2C)[n+](C)c1.Cc1ccc(-c2cc(C(C)(C)C)c(C(C)(C)C)c[n+]2C)c(C)c1.[2H]C([2H])([2H])c1ccc(-c2cc(C(C)(C)C)c(C(C)(C)C)c[n+]2C)c(C)c1.[2H]C([2H])([2H])c1ccc(-c2ccc(C(C)(CC)CC)c[n+]2C)c(C)c1. The maximum Gasteiger partial charge on any atom is 0.212 e. The Kier molecular flexibility index (Phi) is 26.2. The van der Waals surface area contributed by atoms with E-state index in [0.717, 1.165) is 46.5 Å². The van der Waals surface area contributed by atoms with Crippen LogP contribution in [0.3, 0.4) is 0 Å². The summed E-state index contributed by atoms with van der Waals surface area (Å²) < 4.78 is 54.4. The van der Waals surface area contributed by atoms with E-state index in [-0.39, 0.29) is 62.2 Å². The van der Waals surface area contributed by atoms with E-state index < -0.39 is 13.7 Å². The van der Waals surface area contributed by atoms with E-state index >= 15 is 0 Å². The molecular weight excluding hydrogens is 1110 g/mol. The first-order valence-electron chi connectivity index (χ1n) is 35.5. The van der Waals surface area contributed by atoms with Gasteiger partial charge >= 0.3 is 0 Å². The number of pyridine rings is 4. The molecule has 8 rings (SSSR count). The number of hydrogen-bond acceptors (Lipinski definition) is 0. The molecule has 504 valence electrons. The highest BCUT2D eigenvalue weighted by Gasteiger charge is 2.33. The van der Waals surface area contributed by atoms with E-state index in [0.29, 0.717) is 11.1 Å². The van der Waals surface area contributed by atoms with Gasteiger partial charge in [0, 0.05) is 77.0 Å². The van der Waals surface area contributed by atoms with Crippen LogP contribution in [0.1, 0.15) is 266 Å². The lowest BCUT2D eigenvalue weighted by Gasteiger charge is -2.29. The Balaban J connectivity index is 0.000000646. The Labute approximate surface area is 576 Å². The van der Waals surface area contributed by atoms with Crippen molar-refractivity contribution in [1.82, 2.24) is 0 Å². The highest BCUT2D eigenvalue weighted by Crippen LogP contribution is 2.39. The van der Waals surface area contributed by atoms with Gasteiger partial charge in [-0.05, 0) is 183 Å². The van der Waals surface area contributed by atoms with Crippen molar-refractivity contribution in [2.24, 2.45) is 28.2 Å². The quantitative estimate of drug-likeness (QED) is 0.121. The van der Waals surface area contributed by atoms with Gasteiger partial charge in [0.05, 0.1) is 0 Å². The predicted octanol–water partition coefficient (Wildman–Crippen LogP) is 23.1. The molecule has 0 amide bonds. The summed E-state index contributed by atoms with van der Waals surface area (Å²) in [5, 5.41) is 0. The number of aryl methyl sites for hydroxylation is 12. The molecule has 4 aromatic carbocycles. The number of rotatable bonds is 10. The fourth-order valence-electron chi connectivity index (χ4n) is 12.2. The van der Waals surface area contributed by atoms with E-state index in [4.69, 9.17) is 8.22 Å². The predicted molar refractivity (Wildman–Crippen MR) is 408 cm³/mol. The molecule has 4 heteroatoms. The van der Waals surface area contributed by atoms with Gasteiger partial charge < -0.3 is 0 Å². The molecule has 0 saturated carbocycles. The summed E-state index contributed by atoms with van der Waals surface area (Å²) in [6.45, 7) is 49.5. The van der Waals surface area contributed by atoms with Crippen molar-refractivity contribution >= 4 is 0 Å². The number of nitrogens with zero attached hydrogens (tertiary/aromatic N) is 4. The van der Waals surface area contributed by atoms with Gasteiger partial charge in [-0.25, -0.2) is 18.3 Å². The van der Waals surface area contributed by atoms with Crippen LogP contribution < -0.4 is 18.3 Å². The molecule has 0 unspecified atom stereocenters. The molecule has 4 nitrogen and oxygen atoms in total. The standard InChI is InChI=1S/2C22H32N.2C20H28N.4CH4/c2*1-15-10-11-17(16(2)12-15)20-13-18(21(3,4)5)19(14-23(20)9)22(6,7)8;2*1-7-20(5,8-2)17-10-12-19(21(6)14-17)18-11-9-15(3)13-16(18)4;;;;/h2*10-14H,1-9H3;2*9-14H,7-8H2,1-6H3;4*1H4/q4*+1;;;;/i1D3;;3D3;;;;;. The van der Waals surface area contributed by atoms with Crippen LogP contribution in [0.5, 0.6) is 0 Å². The second-order valence-corrected chi connectivity index (χ2v) is 30.3. The Morgan fingerprint density at radius 2 is 0.533 bits per heavy atom. The topological polar surface area (TPSA) is 15.5 Å². The minimum Gasteiger partial charge on any atom is -0.201 e. The Hall–Kier alpha value is -6.52. The third-order valence-electron chi connectivity index (χ3n) is 18.9. The van der Waals surface area contributed by atoms with E-state index in [1.54, 1.807) is 24.3 Å². The first-order chi connectivity index (χ1) is 43.1. The Morgan fingerprint density at radius 3 is 0.761 bits per heavy atom. The fraction of sp³-hybridized carbons (Fsp3) is 0.500. The zero-order chi connectivity index (χ0) is 71.4. The highest BCUT2D eigenvalue weighted by molar-refractivity contribution is 5.66. The van der Waals surface area contributed by atoms with Gasteiger partial charge in [0.25, 0.3) is 0 Å². The average Bonchev–Trinajstić information content (AvgIpc) is 0.778. The molecule has 0 aliphatic heterocycles. The van der Waals surface area contributed by atoms with Crippen LogP contribution in [0.25, 0.3) is 45.0 Å². The third kappa shape index (κ3) is 20.2. The van der Waals surface area contributed by atoms with Gasteiger partial charge in [-0.2, -0.15) is 0 Å². The van der Waals surface area contributed by atoms with Crippen molar-refractivity contribution in [2.45, 2.75) is 268 Å². The summed E-state index contributed by atoms with van der Waals surface area (Å²) in [6, 6.07) is 37.9. The van der Waals surface area contributed by atoms with E-state index in [9.17, 15) is 0 Å². The van der Waals surface area contributed by atoms with Crippen LogP contribution in [0.2, 0.25) is 0 Å².